The van der Waals surface area contributed by atoms with Gasteiger partial charge >= 0.3 is 0 Å². The number of carbonyl (C=O) groups excluding carboxylic acids is 2. The van der Waals surface area contributed by atoms with Crippen molar-refractivity contribution in [2.75, 3.05) is 26.2 Å². The maximum atomic E-state index is 12.0. The number of hydrogen-bond acceptors (Lipinski definition) is 3. The maximum absolute atomic E-state index is 12.0. The highest BCUT2D eigenvalue weighted by molar-refractivity contribution is 5.96. The zero-order chi connectivity index (χ0) is 14.5. The molecule has 1 atom stereocenters. The van der Waals surface area contributed by atoms with Gasteiger partial charge < -0.3 is 15.0 Å². The minimum absolute atomic E-state index is 0.0272. The molecule has 1 aliphatic rings. The van der Waals surface area contributed by atoms with E-state index in [4.69, 9.17) is 4.74 Å². The average molecular weight is 276 g/mol. The Morgan fingerprint density at radius 1 is 1.35 bits per heavy atom. The Hall–Kier alpha value is -1.88. The molecule has 0 saturated carbocycles. The number of aryl methyl sites for hydroxylation is 1. The zero-order valence-corrected chi connectivity index (χ0v) is 11.9. The Kier molecular flexibility index (Phi) is 4.74. The van der Waals surface area contributed by atoms with Crippen LogP contribution in [0.4, 0.5) is 0 Å². The third kappa shape index (κ3) is 3.81. The summed E-state index contributed by atoms with van der Waals surface area (Å²) in [6, 6.07) is 7.26. The lowest BCUT2D eigenvalue weighted by molar-refractivity contribution is -0.137. The van der Waals surface area contributed by atoms with E-state index in [-0.39, 0.29) is 24.5 Å². The van der Waals surface area contributed by atoms with Crippen LogP contribution in [0.5, 0.6) is 0 Å². The van der Waals surface area contributed by atoms with Crippen molar-refractivity contribution in [3.05, 3.63) is 35.4 Å². The van der Waals surface area contributed by atoms with Crippen molar-refractivity contribution in [1.29, 1.82) is 0 Å². The van der Waals surface area contributed by atoms with E-state index in [2.05, 4.69) is 5.32 Å². The Bertz CT molecular complexity index is 484. The van der Waals surface area contributed by atoms with Gasteiger partial charge in [-0.25, -0.2) is 0 Å². The molecule has 1 aliphatic heterocycles. The molecule has 1 unspecified atom stereocenters. The number of nitrogens with zero attached hydrogens (tertiary/aromatic N) is 1. The quantitative estimate of drug-likeness (QED) is 0.895. The highest BCUT2D eigenvalue weighted by Gasteiger charge is 2.21. The molecule has 0 spiro atoms. The minimum Gasteiger partial charge on any atom is -0.375 e. The Labute approximate surface area is 118 Å². The lowest BCUT2D eigenvalue weighted by atomic mass is 10.1. The molecule has 2 amide bonds. The van der Waals surface area contributed by atoms with Gasteiger partial charge in [-0.05, 0) is 26.0 Å². The Morgan fingerprint density at radius 3 is 2.70 bits per heavy atom. The van der Waals surface area contributed by atoms with Crippen LogP contribution in [0.2, 0.25) is 0 Å². The number of ether oxygens (including phenoxy) is 1. The smallest absolute Gasteiger partial charge is 0.251 e. The van der Waals surface area contributed by atoms with Gasteiger partial charge in [-0.3, -0.25) is 9.59 Å². The minimum atomic E-state index is -0.223. The average Bonchev–Trinajstić information content (AvgIpc) is 2.45. The molecule has 5 heteroatoms. The van der Waals surface area contributed by atoms with Crippen LogP contribution >= 0.6 is 0 Å². The van der Waals surface area contributed by atoms with E-state index in [1.165, 1.54) is 0 Å². The molecule has 0 bridgehead atoms. The van der Waals surface area contributed by atoms with E-state index >= 15 is 0 Å². The third-order valence-corrected chi connectivity index (χ3v) is 3.31. The summed E-state index contributed by atoms with van der Waals surface area (Å²) in [4.78, 5) is 25.6. The summed E-state index contributed by atoms with van der Waals surface area (Å²) in [5, 5.41) is 2.66. The second kappa shape index (κ2) is 6.52. The van der Waals surface area contributed by atoms with E-state index in [9.17, 15) is 9.59 Å². The van der Waals surface area contributed by atoms with Crippen molar-refractivity contribution in [3.8, 4) is 0 Å². The van der Waals surface area contributed by atoms with Gasteiger partial charge in [0.1, 0.15) is 0 Å². The number of benzene rings is 1. The molecule has 0 aliphatic carbocycles. The van der Waals surface area contributed by atoms with Gasteiger partial charge in [0.05, 0.1) is 19.3 Å². The van der Waals surface area contributed by atoms with Gasteiger partial charge in [0.25, 0.3) is 5.91 Å². The molecule has 1 fully saturated rings. The molecule has 2 rings (SSSR count). The lowest BCUT2D eigenvalue weighted by Crippen LogP contribution is -2.48. The third-order valence-electron chi connectivity index (χ3n) is 3.31. The molecule has 1 saturated heterocycles. The molecule has 5 nitrogen and oxygen atoms in total. The van der Waals surface area contributed by atoms with E-state index in [1.54, 1.807) is 17.0 Å². The first-order valence-electron chi connectivity index (χ1n) is 6.80. The molecule has 1 aromatic carbocycles. The van der Waals surface area contributed by atoms with Crippen LogP contribution < -0.4 is 5.32 Å². The summed E-state index contributed by atoms with van der Waals surface area (Å²) in [7, 11) is 0. The first-order valence-corrected chi connectivity index (χ1v) is 6.80. The van der Waals surface area contributed by atoms with E-state index < -0.39 is 0 Å². The molecule has 108 valence electrons. The van der Waals surface area contributed by atoms with Crippen LogP contribution in [0.15, 0.2) is 24.3 Å². The predicted molar refractivity (Wildman–Crippen MR) is 75.5 cm³/mol. The standard InChI is InChI=1S/C15H20N2O3/c1-11-3-5-13(6-4-11)15(19)16-9-14(18)17-7-8-20-12(2)10-17/h3-6,12H,7-10H2,1-2H3,(H,16,19). The molecule has 20 heavy (non-hydrogen) atoms. The topological polar surface area (TPSA) is 58.6 Å². The number of hydrogen-bond donors (Lipinski definition) is 1. The normalized spacial score (nSPS) is 18.7. The van der Waals surface area contributed by atoms with Crippen LogP contribution in [-0.4, -0.2) is 49.1 Å². The predicted octanol–water partition coefficient (Wildman–Crippen LogP) is 0.972. The zero-order valence-electron chi connectivity index (χ0n) is 11.9. The molecule has 1 heterocycles. The molecular weight excluding hydrogens is 256 g/mol. The SMILES string of the molecule is Cc1ccc(C(=O)NCC(=O)N2CCOC(C)C2)cc1. The molecular formula is C15H20N2O3. The Morgan fingerprint density at radius 2 is 2.05 bits per heavy atom. The summed E-state index contributed by atoms with van der Waals surface area (Å²) in [5.74, 6) is -0.291. The molecule has 0 radical (unpaired) electrons. The van der Waals surface area contributed by atoms with Gasteiger partial charge in [-0.2, -0.15) is 0 Å². The largest absolute Gasteiger partial charge is 0.375 e. The van der Waals surface area contributed by atoms with Crippen LogP contribution in [0.3, 0.4) is 0 Å². The summed E-state index contributed by atoms with van der Waals surface area (Å²) < 4.78 is 5.38. The Balaban J connectivity index is 1.83. The fourth-order valence-electron chi connectivity index (χ4n) is 2.12. The van der Waals surface area contributed by atoms with Gasteiger partial charge in [0, 0.05) is 18.7 Å². The van der Waals surface area contributed by atoms with Crippen LogP contribution in [0, 0.1) is 6.92 Å². The first-order chi connectivity index (χ1) is 9.56. The molecule has 1 N–H and O–H groups in total. The number of rotatable bonds is 3. The van der Waals surface area contributed by atoms with Crippen molar-refractivity contribution in [3.63, 3.8) is 0 Å². The van der Waals surface area contributed by atoms with Crippen molar-refractivity contribution in [2.24, 2.45) is 0 Å². The molecule has 1 aromatic rings. The van der Waals surface area contributed by atoms with Gasteiger partial charge in [0.2, 0.25) is 5.91 Å². The van der Waals surface area contributed by atoms with Crippen molar-refractivity contribution in [2.45, 2.75) is 20.0 Å². The van der Waals surface area contributed by atoms with Gasteiger partial charge in [-0.15, -0.1) is 0 Å². The van der Waals surface area contributed by atoms with Crippen molar-refractivity contribution < 1.29 is 14.3 Å². The summed E-state index contributed by atoms with van der Waals surface area (Å²) in [5.41, 5.74) is 1.67. The lowest BCUT2D eigenvalue weighted by Gasteiger charge is -2.31. The van der Waals surface area contributed by atoms with Crippen LogP contribution in [0.1, 0.15) is 22.8 Å². The number of nitrogens with one attached hydrogen (secondary N) is 1. The van der Waals surface area contributed by atoms with E-state index in [1.807, 2.05) is 26.0 Å². The highest BCUT2D eigenvalue weighted by atomic mass is 16.5. The number of amides is 2. The number of carbonyl (C=O) groups is 2. The summed E-state index contributed by atoms with van der Waals surface area (Å²) >= 11 is 0. The second-order valence-corrected chi connectivity index (χ2v) is 5.07. The molecule has 0 aromatic heterocycles. The number of morpholine rings is 1. The first kappa shape index (κ1) is 14.5. The fraction of sp³-hybridized carbons (Fsp3) is 0.467. The summed E-state index contributed by atoms with van der Waals surface area (Å²) in [6.07, 6.45) is 0.0560. The van der Waals surface area contributed by atoms with E-state index in [0.717, 1.165) is 5.56 Å². The van der Waals surface area contributed by atoms with Crippen LogP contribution in [0.25, 0.3) is 0 Å². The van der Waals surface area contributed by atoms with Crippen LogP contribution in [-0.2, 0) is 9.53 Å². The van der Waals surface area contributed by atoms with Crippen molar-refractivity contribution >= 4 is 11.8 Å². The monoisotopic (exact) mass is 276 g/mol. The van der Waals surface area contributed by atoms with Crippen molar-refractivity contribution in [1.82, 2.24) is 10.2 Å². The summed E-state index contributed by atoms with van der Waals surface area (Å²) in [6.45, 7) is 5.65. The maximum Gasteiger partial charge on any atom is 0.251 e. The highest BCUT2D eigenvalue weighted by Crippen LogP contribution is 2.05. The second-order valence-electron chi connectivity index (χ2n) is 5.07. The van der Waals surface area contributed by atoms with Gasteiger partial charge in [-0.1, -0.05) is 17.7 Å². The van der Waals surface area contributed by atoms with Gasteiger partial charge in [0.15, 0.2) is 0 Å². The fourth-order valence-corrected chi connectivity index (χ4v) is 2.12. The van der Waals surface area contributed by atoms with E-state index in [0.29, 0.717) is 25.3 Å².